The Hall–Kier alpha value is -2.78. The van der Waals surface area contributed by atoms with E-state index >= 15 is 0 Å². The first-order valence-electron chi connectivity index (χ1n) is 18.6. The molecule has 2 heterocycles. The Morgan fingerprint density at radius 2 is 1.20 bits per heavy atom. The van der Waals surface area contributed by atoms with Crippen LogP contribution in [0.4, 0.5) is 13.2 Å². The van der Waals surface area contributed by atoms with Crippen molar-refractivity contribution in [1.82, 2.24) is 20.3 Å². The lowest BCUT2D eigenvalue weighted by atomic mass is 9.69. The number of nitrogens with one attached hydrogen (secondary N) is 1. The van der Waals surface area contributed by atoms with Crippen LogP contribution >= 0.6 is 0 Å². The van der Waals surface area contributed by atoms with Crippen LogP contribution in [0.2, 0.25) is 0 Å². The van der Waals surface area contributed by atoms with E-state index < -0.39 is 29.2 Å². The molecule has 0 unspecified atom stereocenters. The minimum Gasteiger partial charge on any atom is -0.420 e. The molecule has 0 atom stereocenters. The third-order valence-electron chi connectivity index (χ3n) is 8.74. The van der Waals surface area contributed by atoms with Crippen molar-refractivity contribution in [3.05, 3.63) is 41.5 Å². The zero-order valence-electron chi connectivity index (χ0n) is 31.0. The van der Waals surface area contributed by atoms with Gasteiger partial charge < -0.3 is 52.7 Å². The fourth-order valence-corrected chi connectivity index (χ4v) is 5.69. The van der Waals surface area contributed by atoms with Gasteiger partial charge >= 0.3 is 5.97 Å². The predicted molar refractivity (Wildman–Crippen MR) is 185 cm³/mol. The van der Waals surface area contributed by atoms with Crippen molar-refractivity contribution in [3.8, 4) is 5.75 Å². The largest absolute Gasteiger partial charge is 0.420 e. The fourth-order valence-electron chi connectivity index (χ4n) is 5.69. The molecular weight excluding hydrogens is 721 g/mol. The summed E-state index contributed by atoms with van der Waals surface area (Å²) in [5.41, 5.74) is 1.28. The van der Waals surface area contributed by atoms with Gasteiger partial charge in [0.05, 0.1) is 138 Å². The van der Waals surface area contributed by atoms with E-state index in [0.717, 1.165) is 12.8 Å². The normalized spacial score (nSPS) is 15.5. The van der Waals surface area contributed by atoms with E-state index in [1.54, 1.807) is 4.68 Å². The third kappa shape index (κ3) is 17.8. The van der Waals surface area contributed by atoms with E-state index in [2.05, 4.69) is 20.4 Å². The number of carbonyl (C=O) groups excluding carboxylic acids is 1. The van der Waals surface area contributed by atoms with Crippen LogP contribution in [0.3, 0.4) is 0 Å². The van der Waals surface area contributed by atoms with E-state index in [4.69, 9.17) is 42.6 Å². The smallest absolute Gasteiger partial charge is 0.313 e. The lowest BCUT2D eigenvalue weighted by molar-refractivity contribution is -0.136. The molecule has 2 aliphatic rings. The number of carbonyl (C=O) groups is 1. The summed E-state index contributed by atoms with van der Waals surface area (Å²) >= 11 is 0. The summed E-state index contributed by atoms with van der Waals surface area (Å²) in [5.74, 6) is -5.56. The quantitative estimate of drug-likeness (QED) is 0.0679. The van der Waals surface area contributed by atoms with Crippen LogP contribution < -0.4 is 10.1 Å². The highest BCUT2D eigenvalue weighted by molar-refractivity contribution is 5.72. The van der Waals surface area contributed by atoms with Crippen molar-refractivity contribution in [2.24, 2.45) is 5.41 Å². The van der Waals surface area contributed by atoms with Gasteiger partial charge in [-0.3, -0.25) is 4.79 Å². The predicted octanol–water partition coefficient (Wildman–Crippen LogP) is 2.87. The van der Waals surface area contributed by atoms with Crippen LogP contribution in [0.15, 0.2) is 18.3 Å². The van der Waals surface area contributed by atoms with Crippen LogP contribution in [0.1, 0.15) is 37.8 Å². The molecule has 1 aromatic heterocycles. The Morgan fingerprint density at radius 3 is 1.74 bits per heavy atom. The molecule has 18 heteroatoms. The summed E-state index contributed by atoms with van der Waals surface area (Å²) in [4.78, 5) is 11.7. The van der Waals surface area contributed by atoms with Gasteiger partial charge in [-0.2, -0.15) is 0 Å². The molecule has 0 bridgehead atoms. The highest BCUT2D eigenvalue weighted by Crippen LogP contribution is 2.40. The van der Waals surface area contributed by atoms with Crippen LogP contribution in [0, 0.1) is 22.9 Å². The van der Waals surface area contributed by atoms with Crippen LogP contribution in [0.25, 0.3) is 0 Å². The maximum Gasteiger partial charge on any atom is 0.313 e. The molecule has 1 aromatic carbocycles. The first kappa shape index (κ1) is 43.9. The molecule has 54 heavy (non-hydrogen) atoms. The minimum absolute atomic E-state index is 0.0370. The molecule has 1 saturated carbocycles. The second-order valence-corrected chi connectivity index (χ2v) is 12.9. The average molecular weight is 777 g/mol. The topological polar surface area (TPSA) is 152 Å². The van der Waals surface area contributed by atoms with Gasteiger partial charge in [0.15, 0.2) is 11.6 Å². The molecule has 15 nitrogen and oxygen atoms in total. The van der Waals surface area contributed by atoms with E-state index in [9.17, 15) is 18.0 Å². The number of rotatable bonds is 31. The van der Waals surface area contributed by atoms with Gasteiger partial charge in [-0.05, 0) is 31.1 Å². The van der Waals surface area contributed by atoms with E-state index in [0.29, 0.717) is 128 Å². The number of aromatic nitrogens is 3. The van der Waals surface area contributed by atoms with Gasteiger partial charge in [-0.1, -0.05) is 5.21 Å². The second-order valence-electron chi connectivity index (χ2n) is 12.9. The van der Waals surface area contributed by atoms with Crippen LogP contribution in [-0.4, -0.2) is 146 Å². The van der Waals surface area contributed by atoms with Gasteiger partial charge in [0.1, 0.15) is 11.5 Å². The van der Waals surface area contributed by atoms with Gasteiger partial charge in [0.2, 0.25) is 5.75 Å². The fraction of sp³-hybridized carbons (Fsp3) is 0.750. The Kier molecular flexibility index (Phi) is 21.3. The van der Waals surface area contributed by atoms with Crippen molar-refractivity contribution >= 4 is 5.97 Å². The zero-order chi connectivity index (χ0) is 38.1. The summed E-state index contributed by atoms with van der Waals surface area (Å²) in [6, 6.07) is 0.855. The van der Waals surface area contributed by atoms with Crippen molar-refractivity contribution in [1.29, 1.82) is 0 Å². The van der Waals surface area contributed by atoms with Gasteiger partial charge in [0.25, 0.3) is 0 Å². The Balaban J connectivity index is 0.825. The first-order chi connectivity index (χ1) is 26.4. The Labute approximate surface area is 314 Å². The molecule has 0 amide bonds. The van der Waals surface area contributed by atoms with Crippen molar-refractivity contribution in [3.63, 3.8) is 0 Å². The molecule has 1 aliphatic carbocycles. The second kappa shape index (κ2) is 26.1. The molecule has 1 spiro atoms. The highest BCUT2D eigenvalue weighted by atomic mass is 19.1. The van der Waals surface area contributed by atoms with Crippen molar-refractivity contribution < 1.29 is 65.3 Å². The lowest BCUT2D eigenvalue weighted by Gasteiger charge is -2.47. The maximum atomic E-state index is 13.5. The highest BCUT2D eigenvalue weighted by Gasteiger charge is 2.40. The van der Waals surface area contributed by atoms with Crippen molar-refractivity contribution in [2.45, 2.75) is 51.4 Å². The molecule has 2 aromatic rings. The number of halogens is 3. The SMILES string of the molecule is O=C(CCOCCOCCOCCOCCn1cc(COCCOCCOCCOCCOC2CCC3(CC2)CNC3)nn1)Oc1c(F)cc(F)cc1F. The summed E-state index contributed by atoms with van der Waals surface area (Å²) < 4.78 is 96.2. The van der Waals surface area contributed by atoms with Gasteiger partial charge in [-0.15, -0.1) is 5.10 Å². The first-order valence-corrected chi connectivity index (χ1v) is 18.6. The number of hydrogen-bond acceptors (Lipinski definition) is 14. The van der Waals surface area contributed by atoms with Gasteiger partial charge in [-0.25, -0.2) is 17.9 Å². The monoisotopic (exact) mass is 776 g/mol. The molecule has 2 fully saturated rings. The number of ether oxygens (including phenoxy) is 10. The standard InChI is InChI=1S/C36H55F3N4O11/c37-29-23-32(38)35(33(39)24-29)54-34(44)3-7-45-9-11-47-13-14-48-12-10-46-8-6-43-25-30(41-42-43)26-52-20-19-50-16-15-49-17-18-51-21-22-53-31-1-4-36(5-2-31)27-40-28-36/h23-25,31,40H,1-22,26-28H2. The molecule has 1 N–H and O–H groups in total. The van der Waals surface area contributed by atoms with Crippen LogP contribution in [0.5, 0.6) is 5.75 Å². The summed E-state index contributed by atoms with van der Waals surface area (Å²) in [6.45, 7) is 9.75. The maximum absolute atomic E-state index is 13.5. The molecule has 4 rings (SSSR count). The number of esters is 1. The molecule has 0 radical (unpaired) electrons. The van der Waals surface area contributed by atoms with Crippen molar-refractivity contribution in [2.75, 3.05) is 119 Å². The Morgan fingerprint density at radius 1 is 0.704 bits per heavy atom. The average Bonchev–Trinajstić information content (AvgIpc) is 3.60. The molecular formula is C36H55F3N4O11. The number of benzene rings is 1. The third-order valence-corrected chi connectivity index (χ3v) is 8.74. The minimum atomic E-state index is -1.30. The molecule has 1 saturated heterocycles. The zero-order valence-corrected chi connectivity index (χ0v) is 31.0. The molecule has 306 valence electrons. The number of nitrogens with zero attached hydrogens (tertiary/aromatic N) is 3. The summed E-state index contributed by atoms with van der Waals surface area (Å²) in [7, 11) is 0. The van der Waals surface area contributed by atoms with E-state index in [1.165, 1.54) is 25.9 Å². The summed E-state index contributed by atoms with van der Waals surface area (Å²) in [5, 5.41) is 11.6. The Bertz CT molecular complexity index is 1290. The number of hydrogen-bond donors (Lipinski definition) is 1. The lowest BCUT2D eigenvalue weighted by Crippen LogP contribution is -2.55. The molecule has 1 aliphatic heterocycles. The van der Waals surface area contributed by atoms with Crippen LogP contribution in [-0.2, 0) is 60.6 Å². The van der Waals surface area contributed by atoms with E-state index in [1.807, 2.05) is 6.20 Å². The van der Waals surface area contributed by atoms with Gasteiger partial charge in [0, 0.05) is 25.2 Å². The summed E-state index contributed by atoms with van der Waals surface area (Å²) in [6.07, 6.45) is 6.81. The van der Waals surface area contributed by atoms with E-state index in [-0.39, 0.29) is 26.2 Å².